The van der Waals surface area contributed by atoms with Crippen molar-refractivity contribution in [2.75, 3.05) is 27.4 Å². The maximum atomic E-state index is 15.1. The molecule has 1 N–H and O–H groups in total. The van der Waals surface area contributed by atoms with Gasteiger partial charge in [-0.3, -0.25) is 4.68 Å². The standard InChI is InChI=1S/C25H29F2N6O4/c1-14(2)37-13-16(34)12-33-21(31-24-22(26)19(35-4)8-20(36-5)23(24)27)7-6-17-25(33)30-18(10-28-17)15-9-29-32(3)11-15/h6,8-11,14,16,34H,7,12-13H2,1-5H3/q+1. The van der Waals surface area contributed by atoms with Crippen LogP contribution in [0.1, 0.15) is 20.3 Å². The minimum absolute atomic E-state index is 0.00189. The van der Waals surface area contributed by atoms with Gasteiger partial charge in [-0.15, -0.1) is 4.99 Å². The molecule has 1 aromatic carbocycles. The third kappa shape index (κ3) is 5.65. The molecule has 1 aliphatic heterocycles. The first-order valence-electron chi connectivity index (χ1n) is 11.7. The molecule has 1 aliphatic rings. The molecule has 1 unspecified atom stereocenters. The summed E-state index contributed by atoms with van der Waals surface area (Å²) in [6.07, 6.45) is 5.98. The first kappa shape index (κ1) is 26.3. The fourth-order valence-corrected chi connectivity index (χ4v) is 3.81. The Morgan fingerprint density at radius 3 is 2.46 bits per heavy atom. The molecule has 37 heavy (non-hydrogen) atoms. The van der Waals surface area contributed by atoms with Crippen molar-refractivity contribution in [1.29, 1.82) is 0 Å². The Morgan fingerprint density at radius 2 is 1.86 bits per heavy atom. The smallest absolute Gasteiger partial charge is 0.288 e. The Balaban J connectivity index is 1.91. The van der Waals surface area contributed by atoms with E-state index in [9.17, 15) is 5.11 Å². The van der Waals surface area contributed by atoms with Gasteiger partial charge in [-0.05, 0) is 19.9 Å². The Hall–Kier alpha value is -3.77. The van der Waals surface area contributed by atoms with Gasteiger partial charge in [0.25, 0.3) is 5.49 Å². The van der Waals surface area contributed by atoms with Crippen LogP contribution in [0.15, 0.2) is 29.6 Å². The molecule has 3 aromatic rings. The van der Waals surface area contributed by atoms with E-state index in [1.807, 2.05) is 13.8 Å². The van der Waals surface area contributed by atoms with Gasteiger partial charge < -0.3 is 19.3 Å². The van der Waals surface area contributed by atoms with E-state index < -0.39 is 23.4 Å². The van der Waals surface area contributed by atoms with E-state index in [4.69, 9.17) is 19.2 Å². The molecule has 0 bridgehead atoms. The maximum Gasteiger partial charge on any atom is 0.288 e. The molecule has 2 aromatic heterocycles. The van der Waals surface area contributed by atoms with E-state index in [1.54, 1.807) is 41.0 Å². The molecule has 1 atom stereocenters. The normalized spacial score (nSPS) is 15.1. The zero-order valence-electron chi connectivity index (χ0n) is 21.3. The highest BCUT2D eigenvalue weighted by atomic mass is 19.1. The largest absolute Gasteiger partial charge is 0.493 e. The molecule has 0 amide bonds. The number of benzene rings is 1. The third-order valence-electron chi connectivity index (χ3n) is 5.63. The van der Waals surface area contributed by atoms with Gasteiger partial charge in [0.05, 0.1) is 57.9 Å². The van der Waals surface area contributed by atoms with E-state index in [1.165, 1.54) is 14.2 Å². The van der Waals surface area contributed by atoms with Crippen LogP contribution in [0.3, 0.4) is 0 Å². The zero-order chi connectivity index (χ0) is 26.7. The summed E-state index contributed by atoms with van der Waals surface area (Å²) in [7, 11) is 4.32. The number of aliphatic imine (C=N–C) groups is 1. The minimum Gasteiger partial charge on any atom is -0.493 e. The van der Waals surface area contributed by atoms with Crippen LogP contribution in [0.4, 0.5) is 14.5 Å². The lowest BCUT2D eigenvalue weighted by molar-refractivity contribution is 0.00625. The van der Waals surface area contributed by atoms with Gasteiger partial charge in [-0.2, -0.15) is 13.9 Å². The molecule has 4 rings (SSSR count). The zero-order valence-corrected chi connectivity index (χ0v) is 21.3. The molecule has 196 valence electrons. The number of hydrogen-bond acceptors (Lipinski definition) is 8. The van der Waals surface area contributed by atoms with Crippen LogP contribution in [0, 0.1) is 11.6 Å². The summed E-state index contributed by atoms with van der Waals surface area (Å²) in [4.78, 5) is 13.6. The second kappa shape index (κ2) is 11.1. The lowest BCUT2D eigenvalue weighted by Crippen LogP contribution is -2.52. The van der Waals surface area contributed by atoms with Gasteiger partial charge in [-0.25, -0.2) is 9.56 Å². The number of aromatic nitrogens is 4. The predicted molar refractivity (Wildman–Crippen MR) is 132 cm³/mol. The molecule has 0 saturated heterocycles. The summed E-state index contributed by atoms with van der Waals surface area (Å²) < 4.78 is 49.1. The number of nitrogens with zero attached hydrogens (tertiary/aromatic N) is 6. The van der Waals surface area contributed by atoms with Crippen molar-refractivity contribution in [3.05, 3.63) is 47.1 Å². The van der Waals surface area contributed by atoms with E-state index in [-0.39, 0.29) is 43.0 Å². The van der Waals surface area contributed by atoms with Crippen molar-refractivity contribution < 1.29 is 28.1 Å². The highest BCUT2D eigenvalue weighted by Crippen LogP contribution is 2.36. The average Bonchev–Trinajstić information content (AvgIpc) is 3.32. The number of aliphatic hydroxyl groups excluding tert-OH is 1. The molecule has 10 nitrogen and oxygen atoms in total. The Kier molecular flexibility index (Phi) is 7.89. The van der Waals surface area contributed by atoms with Gasteiger partial charge >= 0.3 is 0 Å². The number of methoxy groups -OCH3 is 2. The van der Waals surface area contributed by atoms with Crippen LogP contribution >= 0.6 is 0 Å². The van der Waals surface area contributed by atoms with Gasteiger partial charge in [0.2, 0.25) is 23.2 Å². The summed E-state index contributed by atoms with van der Waals surface area (Å²) in [6.45, 7) is 3.77. The number of aliphatic hydroxyl groups is 1. The van der Waals surface area contributed by atoms with E-state index >= 15 is 8.78 Å². The molecule has 0 aliphatic carbocycles. The molecule has 0 spiro atoms. The van der Waals surface area contributed by atoms with Crippen LogP contribution in [0.5, 0.6) is 11.5 Å². The van der Waals surface area contributed by atoms with Crippen molar-refractivity contribution in [3.63, 3.8) is 0 Å². The van der Waals surface area contributed by atoms with Gasteiger partial charge in [0.15, 0.2) is 17.2 Å². The van der Waals surface area contributed by atoms with Crippen LogP contribution in [0.25, 0.3) is 17.3 Å². The van der Waals surface area contributed by atoms with E-state index in [2.05, 4.69) is 15.1 Å². The van der Waals surface area contributed by atoms with Crippen LogP contribution in [-0.4, -0.2) is 70.3 Å². The number of fused-ring (bicyclic) bond motifs is 1. The summed E-state index contributed by atoms with van der Waals surface area (Å²) in [5.41, 5.74) is 1.09. The SMILES string of the molecule is COc1cc(OC)c(F)c(N=C2CC=c3ncc(-c4cnn(C)c4)nc3=[N+]2CC(O)COC(C)C)c1F. The highest BCUT2D eigenvalue weighted by molar-refractivity contribution is 5.91. The van der Waals surface area contributed by atoms with Crippen molar-refractivity contribution in [2.24, 2.45) is 12.0 Å². The first-order valence-corrected chi connectivity index (χ1v) is 11.7. The average molecular weight is 516 g/mol. The van der Waals surface area contributed by atoms with Crippen molar-refractivity contribution in [3.8, 4) is 22.8 Å². The third-order valence-corrected chi connectivity index (χ3v) is 5.63. The van der Waals surface area contributed by atoms with E-state index in [0.29, 0.717) is 16.5 Å². The Labute approximate surface area is 212 Å². The molecule has 0 radical (unpaired) electrons. The second-order valence-corrected chi connectivity index (χ2v) is 8.71. The van der Waals surface area contributed by atoms with Crippen LogP contribution in [-0.2, 0) is 11.8 Å². The monoisotopic (exact) mass is 515 g/mol. The minimum atomic E-state index is -0.974. The fourth-order valence-electron chi connectivity index (χ4n) is 3.81. The van der Waals surface area contributed by atoms with Gasteiger partial charge in [-0.1, -0.05) is 4.98 Å². The number of hydrogen-bond donors (Lipinski definition) is 1. The predicted octanol–water partition coefficient (Wildman–Crippen LogP) is 1.36. The van der Waals surface area contributed by atoms with E-state index in [0.717, 1.165) is 11.6 Å². The maximum absolute atomic E-state index is 15.1. The van der Waals surface area contributed by atoms with Gasteiger partial charge in [0.1, 0.15) is 11.5 Å². The summed E-state index contributed by atoms with van der Waals surface area (Å²) in [6, 6.07) is 1.12. The number of β-amino-alcohol motifs (C(OH)–C–C–N with tert-alkyl or cyclic N) is 1. The summed E-state index contributed by atoms with van der Waals surface area (Å²) in [5.74, 6) is -2.13. The fraction of sp³-hybridized carbons (Fsp3) is 0.400. The Bertz CT molecular complexity index is 1430. The molecule has 3 heterocycles. The number of halogens is 2. The number of amidine groups is 1. The number of aryl methyl sites for hydroxylation is 1. The lowest BCUT2D eigenvalue weighted by Gasteiger charge is -2.17. The van der Waals surface area contributed by atoms with Crippen LogP contribution < -0.4 is 24.9 Å². The lowest BCUT2D eigenvalue weighted by atomic mass is 10.2. The molecule has 12 heteroatoms. The summed E-state index contributed by atoms with van der Waals surface area (Å²) in [5, 5.41) is 15.5. The molecular formula is C25H29F2N6O4+. The first-order chi connectivity index (χ1) is 17.7. The van der Waals surface area contributed by atoms with Crippen molar-refractivity contribution in [2.45, 2.75) is 32.5 Å². The molecular weight excluding hydrogens is 486 g/mol. The van der Waals surface area contributed by atoms with Gasteiger partial charge in [0, 0.05) is 19.3 Å². The molecule has 0 saturated carbocycles. The van der Waals surface area contributed by atoms with Crippen LogP contribution in [0.2, 0.25) is 0 Å². The number of ether oxygens (including phenoxy) is 3. The quantitative estimate of drug-likeness (QED) is 0.429. The van der Waals surface area contributed by atoms with Crippen molar-refractivity contribution >= 4 is 17.6 Å². The topological polar surface area (TPSA) is 107 Å². The second-order valence-electron chi connectivity index (χ2n) is 8.71. The summed E-state index contributed by atoms with van der Waals surface area (Å²) >= 11 is 0. The molecule has 0 fully saturated rings. The van der Waals surface area contributed by atoms with Crippen molar-refractivity contribution in [1.82, 2.24) is 24.3 Å². The highest BCUT2D eigenvalue weighted by Gasteiger charge is 2.28. The Morgan fingerprint density at radius 1 is 1.16 bits per heavy atom. The number of rotatable bonds is 9.